The number of nitrogens with zero attached hydrogens (tertiary/aromatic N) is 2. The standard InChI is InChI=1S/C22H30N4O/c1-4-16(2)15-24-22-20(17(3)26-10-5-12-27-13-11-26)14-21(25-22)18-6-8-19(23)9-7-18/h6-9,14-15H,4-5,10-13,23H2,1-3H3,(H,24,25)/b16-15?,20-17+. The molecule has 0 unspecified atom stereocenters. The lowest BCUT2D eigenvalue weighted by Crippen LogP contribution is -2.27. The van der Waals surface area contributed by atoms with Crippen LogP contribution < -0.4 is 11.1 Å². The summed E-state index contributed by atoms with van der Waals surface area (Å²) in [6.45, 7) is 9.96. The summed E-state index contributed by atoms with van der Waals surface area (Å²) in [7, 11) is 0. The zero-order chi connectivity index (χ0) is 19.2. The molecule has 1 aromatic carbocycles. The van der Waals surface area contributed by atoms with E-state index in [9.17, 15) is 0 Å². The van der Waals surface area contributed by atoms with E-state index >= 15 is 0 Å². The molecule has 27 heavy (non-hydrogen) atoms. The van der Waals surface area contributed by atoms with E-state index in [4.69, 9.17) is 15.5 Å². The number of rotatable bonds is 4. The van der Waals surface area contributed by atoms with E-state index in [1.807, 2.05) is 30.5 Å². The second-order valence-corrected chi connectivity index (χ2v) is 7.06. The molecule has 0 spiro atoms. The highest BCUT2D eigenvalue weighted by Gasteiger charge is 2.22. The number of benzene rings is 1. The third-order valence-electron chi connectivity index (χ3n) is 5.08. The molecule has 2 heterocycles. The maximum absolute atomic E-state index is 5.84. The summed E-state index contributed by atoms with van der Waals surface area (Å²) >= 11 is 0. The smallest absolute Gasteiger partial charge is 0.139 e. The number of hydrogen-bond donors (Lipinski definition) is 2. The molecule has 0 aliphatic carbocycles. The molecule has 0 radical (unpaired) electrons. The predicted molar refractivity (Wildman–Crippen MR) is 113 cm³/mol. The van der Waals surface area contributed by atoms with Gasteiger partial charge in [-0.1, -0.05) is 24.6 Å². The fourth-order valence-electron chi connectivity index (χ4n) is 3.16. The van der Waals surface area contributed by atoms with Crippen molar-refractivity contribution in [1.29, 1.82) is 0 Å². The van der Waals surface area contributed by atoms with Crippen molar-refractivity contribution in [3.05, 3.63) is 58.9 Å². The third-order valence-corrected chi connectivity index (χ3v) is 5.08. The van der Waals surface area contributed by atoms with Crippen LogP contribution in [0.15, 0.2) is 58.4 Å². The van der Waals surface area contributed by atoms with Gasteiger partial charge in [-0.2, -0.15) is 0 Å². The lowest BCUT2D eigenvalue weighted by Gasteiger charge is -2.24. The van der Waals surface area contributed by atoms with E-state index in [0.717, 1.165) is 67.5 Å². The van der Waals surface area contributed by atoms with Gasteiger partial charge in [-0.3, -0.25) is 0 Å². The number of allylic oxidation sites excluding steroid dienone is 2. The average Bonchev–Trinajstić information content (AvgIpc) is 2.91. The van der Waals surface area contributed by atoms with Gasteiger partial charge >= 0.3 is 0 Å². The minimum absolute atomic E-state index is 0.768. The molecule has 5 heteroatoms. The molecule has 1 fully saturated rings. The highest BCUT2D eigenvalue weighted by molar-refractivity contribution is 6.11. The summed E-state index contributed by atoms with van der Waals surface area (Å²) in [6, 6.07) is 7.93. The number of aliphatic imine (C=N–C) groups is 1. The van der Waals surface area contributed by atoms with Crippen molar-refractivity contribution < 1.29 is 4.74 Å². The second kappa shape index (κ2) is 8.91. The summed E-state index contributed by atoms with van der Waals surface area (Å²) in [4.78, 5) is 7.16. The molecule has 2 aliphatic heterocycles. The van der Waals surface area contributed by atoms with Crippen LogP contribution in [0.1, 0.15) is 39.2 Å². The molecule has 0 saturated carbocycles. The molecular weight excluding hydrogens is 336 g/mol. The van der Waals surface area contributed by atoms with E-state index in [-0.39, 0.29) is 0 Å². The minimum Gasteiger partial charge on any atom is -0.399 e. The van der Waals surface area contributed by atoms with E-state index in [1.54, 1.807) is 0 Å². The van der Waals surface area contributed by atoms with Gasteiger partial charge in [0.15, 0.2) is 0 Å². The van der Waals surface area contributed by atoms with Crippen LogP contribution >= 0.6 is 0 Å². The van der Waals surface area contributed by atoms with Gasteiger partial charge in [-0.25, -0.2) is 4.99 Å². The van der Waals surface area contributed by atoms with Crippen molar-refractivity contribution in [2.75, 3.05) is 32.0 Å². The van der Waals surface area contributed by atoms with Crippen molar-refractivity contribution in [2.45, 2.75) is 33.6 Å². The van der Waals surface area contributed by atoms with Crippen molar-refractivity contribution in [3.8, 4) is 0 Å². The largest absolute Gasteiger partial charge is 0.399 e. The van der Waals surface area contributed by atoms with Gasteiger partial charge in [0.05, 0.1) is 6.61 Å². The molecule has 0 aromatic heterocycles. The first-order valence-electron chi connectivity index (χ1n) is 9.70. The monoisotopic (exact) mass is 366 g/mol. The first kappa shape index (κ1) is 19.2. The number of nitrogens with two attached hydrogens (primary N) is 1. The quantitative estimate of drug-likeness (QED) is 0.793. The van der Waals surface area contributed by atoms with Crippen LogP contribution in [0, 0.1) is 0 Å². The minimum atomic E-state index is 0.768. The lowest BCUT2D eigenvalue weighted by molar-refractivity contribution is 0.145. The molecule has 1 saturated heterocycles. The van der Waals surface area contributed by atoms with Gasteiger partial charge in [0.1, 0.15) is 5.84 Å². The van der Waals surface area contributed by atoms with Gasteiger partial charge < -0.3 is 20.7 Å². The Morgan fingerprint density at radius 3 is 2.74 bits per heavy atom. The molecule has 0 bridgehead atoms. The summed E-state index contributed by atoms with van der Waals surface area (Å²) in [5.41, 5.74) is 12.4. The Morgan fingerprint density at radius 2 is 2.00 bits per heavy atom. The number of amidine groups is 1. The predicted octanol–water partition coefficient (Wildman–Crippen LogP) is 3.92. The Kier molecular flexibility index (Phi) is 6.35. The van der Waals surface area contributed by atoms with Crippen molar-refractivity contribution in [3.63, 3.8) is 0 Å². The maximum Gasteiger partial charge on any atom is 0.139 e. The second-order valence-electron chi connectivity index (χ2n) is 7.06. The third kappa shape index (κ3) is 4.80. The highest BCUT2D eigenvalue weighted by Crippen LogP contribution is 2.26. The Balaban J connectivity index is 1.98. The summed E-state index contributed by atoms with van der Waals surface area (Å²) in [5.74, 6) is 0.900. The maximum atomic E-state index is 5.84. The first-order chi connectivity index (χ1) is 13.1. The zero-order valence-corrected chi connectivity index (χ0v) is 16.6. The van der Waals surface area contributed by atoms with Gasteiger partial charge in [0.2, 0.25) is 0 Å². The fraction of sp³-hybridized carbons (Fsp3) is 0.409. The summed E-state index contributed by atoms with van der Waals surface area (Å²) in [5, 5.41) is 3.50. The van der Waals surface area contributed by atoms with E-state index in [1.165, 1.54) is 11.3 Å². The average molecular weight is 367 g/mol. The topological polar surface area (TPSA) is 62.9 Å². The van der Waals surface area contributed by atoms with E-state index < -0.39 is 0 Å². The zero-order valence-electron chi connectivity index (χ0n) is 16.6. The lowest BCUT2D eigenvalue weighted by atomic mass is 10.1. The van der Waals surface area contributed by atoms with E-state index in [2.05, 4.69) is 37.1 Å². The van der Waals surface area contributed by atoms with Gasteiger partial charge in [0.25, 0.3) is 0 Å². The Bertz CT molecular complexity index is 779. The number of nitrogen functional groups attached to an aromatic ring is 1. The Hall–Kier alpha value is -2.53. The van der Waals surface area contributed by atoms with Crippen molar-refractivity contribution >= 4 is 17.2 Å². The SMILES string of the molecule is CCC(C)=CN=C1NC(c2ccc(N)cc2)=C/C1=C(/C)N1CCCOCC1. The molecular formula is C22H30N4O. The van der Waals surface area contributed by atoms with Gasteiger partial charge in [0, 0.05) is 48.6 Å². The fourth-order valence-corrected chi connectivity index (χ4v) is 3.16. The molecule has 1 aromatic rings. The molecule has 5 nitrogen and oxygen atoms in total. The molecule has 3 rings (SSSR count). The van der Waals surface area contributed by atoms with Crippen LogP contribution in [0.3, 0.4) is 0 Å². The highest BCUT2D eigenvalue weighted by atomic mass is 16.5. The van der Waals surface area contributed by atoms with Crippen LogP contribution in [-0.4, -0.2) is 37.0 Å². The molecule has 3 N–H and O–H groups in total. The van der Waals surface area contributed by atoms with Crippen molar-refractivity contribution in [1.82, 2.24) is 10.2 Å². The van der Waals surface area contributed by atoms with Gasteiger partial charge in [-0.15, -0.1) is 0 Å². The van der Waals surface area contributed by atoms with Crippen LogP contribution in [-0.2, 0) is 4.74 Å². The molecule has 144 valence electrons. The summed E-state index contributed by atoms with van der Waals surface area (Å²) < 4.78 is 5.61. The Morgan fingerprint density at radius 1 is 1.22 bits per heavy atom. The van der Waals surface area contributed by atoms with Crippen molar-refractivity contribution in [2.24, 2.45) is 4.99 Å². The van der Waals surface area contributed by atoms with Crippen LogP contribution in [0.5, 0.6) is 0 Å². The van der Waals surface area contributed by atoms with Gasteiger partial charge in [-0.05, 0) is 50.5 Å². The normalized spacial score (nSPS) is 21.7. The molecule has 2 aliphatic rings. The number of nitrogens with one attached hydrogen (secondary N) is 1. The first-order valence-corrected chi connectivity index (χ1v) is 9.70. The number of anilines is 1. The number of hydrogen-bond acceptors (Lipinski definition) is 4. The van der Waals surface area contributed by atoms with Crippen LogP contribution in [0.4, 0.5) is 5.69 Å². The van der Waals surface area contributed by atoms with Crippen LogP contribution in [0.25, 0.3) is 5.70 Å². The van der Waals surface area contributed by atoms with E-state index in [0.29, 0.717) is 0 Å². The summed E-state index contributed by atoms with van der Waals surface area (Å²) in [6.07, 6.45) is 6.20. The molecule has 0 amide bonds. The molecule has 0 atom stereocenters. The Labute approximate surface area is 162 Å². The van der Waals surface area contributed by atoms with Crippen LogP contribution in [0.2, 0.25) is 0 Å². The number of ether oxygens (including phenoxy) is 1.